The van der Waals surface area contributed by atoms with Gasteiger partial charge in [0.05, 0.1) is 31.3 Å². The summed E-state index contributed by atoms with van der Waals surface area (Å²) in [6, 6.07) is 18.6. The lowest BCUT2D eigenvalue weighted by Gasteiger charge is -2.50. The second-order valence-electron chi connectivity index (χ2n) is 8.34. The Hall–Kier alpha value is -2.45. The Kier molecular flexibility index (Phi) is 7.76. The quantitative estimate of drug-likeness (QED) is 0.644. The minimum absolute atomic E-state index is 0.168. The number of carbonyl (C=O) groups excluding carboxylic acids is 1. The number of aliphatic hydroxyl groups excluding tert-OH is 1. The van der Waals surface area contributed by atoms with Crippen LogP contribution in [0.3, 0.4) is 0 Å². The molecule has 0 bridgehead atoms. The van der Waals surface area contributed by atoms with E-state index in [9.17, 15) is 9.90 Å². The minimum Gasteiger partial charge on any atom is -0.445 e. The molecule has 172 valence electrons. The Morgan fingerprint density at radius 3 is 2.59 bits per heavy atom. The van der Waals surface area contributed by atoms with Gasteiger partial charge in [-0.1, -0.05) is 74.0 Å². The van der Waals surface area contributed by atoms with Crippen molar-refractivity contribution in [1.82, 2.24) is 10.2 Å². The number of unbranched alkanes of at least 4 members (excludes halogenated alkanes) is 1. The van der Waals surface area contributed by atoms with E-state index >= 15 is 0 Å². The van der Waals surface area contributed by atoms with E-state index in [-0.39, 0.29) is 25.2 Å². The van der Waals surface area contributed by atoms with Gasteiger partial charge in [-0.05, 0) is 18.5 Å². The Morgan fingerprint density at radius 1 is 1.16 bits per heavy atom. The first kappa shape index (κ1) is 22.7. The van der Waals surface area contributed by atoms with E-state index in [0.29, 0.717) is 6.61 Å². The summed E-state index contributed by atoms with van der Waals surface area (Å²) in [5, 5.41) is 14.4. The van der Waals surface area contributed by atoms with E-state index in [1.807, 2.05) is 60.7 Å². The number of nitrogens with zero attached hydrogens (tertiary/aromatic N) is 1. The maximum absolute atomic E-state index is 13.0. The Morgan fingerprint density at radius 2 is 1.88 bits per heavy atom. The predicted octanol–water partition coefficient (Wildman–Crippen LogP) is 3.24. The van der Waals surface area contributed by atoms with Crippen LogP contribution in [-0.4, -0.2) is 60.1 Å². The van der Waals surface area contributed by atoms with E-state index < -0.39 is 24.6 Å². The van der Waals surface area contributed by atoms with Crippen molar-refractivity contribution in [3.8, 4) is 0 Å². The average Bonchev–Trinajstić information content (AvgIpc) is 2.84. The van der Waals surface area contributed by atoms with Crippen molar-refractivity contribution in [2.24, 2.45) is 0 Å². The van der Waals surface area contributed by atoms with E-state index in [2.05, 4.69) is 12.2 Å². The van der Waals surface area contributed by atoms with Gasteiger partial charge in [-0.15, -0.1) is 0 Å². The molecule has 7 heteroatoms. The normalized spacial score (nSPS) is 27.6. The third-order valence-corrected chi connectivity index (χ3v) is 6.05. The van der Waals surface area contributed by atoms with Gasteiger partial charge < -0.3 is 24.6 Å². The highest BCUT2D eigenvalue weighted by atomic mass is 16.7. The van der Waals surface area contributed by atoms with Gasteiger partial charge in [0.1, 0.15) is 12.7 Å². The van der Waals surface area contributed by atoms with Gasteiger partial charge >= 0.3 is 6.09 Å². The number of piperidine rings is 1. The molecule has 0 radical (unpaired) electrons. The number of carbonyl (C=O) groups is 1. The summed E-state index contributed by atoms with van der Waals surface area (Å²) in [5.41, 5.74) is 1.82. The maximum atomic E-state index is 13.0. The SMILES string of the molecule is CCCCN[C@@H]1[C@@H]2O[C@H](c3ccccc3)OC[C@H]2N(C(=O)OCc2ccccc2)C[C@H]1O. The van der Waals surface area contributed by atoms with Crippen LogP contribution in [-0.2, 0) is 20.8 Å². The van der Waals surface area contributed by atoms with Crippen molar-refractivity contribution in [3.05, 3.63) is 71.8 Å². The highest BCUT2D eigenvalue weighted by Gasteiger charge is 2.49. The zero-order valence-electron chi connectivity index (χ0n) is 18.4. The molecule has 0 spiro atoms. The van der Waals surface area contributed by atoms with E-state index in [4.69, 9.17) is 14.2 Å². The largest absolute Gasteiger partial charge is 0.445 e. The monoisotopic (exact) mass is 440 g/mol. The van der Waals surface area contributed by atoms with Crippen molar-refractivity contribution in [2.75, 3.05) is 19.7 Å². The molecule has 4 rings (SSSR count). The lowest BCUT2D eigenvalue weighted by Crippen LogP contribution is -2.70. The number of likely N-dealkylation sites (tertiary alicyclic amines) is 1. The van der Waals surface area contributed by atoms with Gasteiger partial charge in [-0.25, -0.2) is 4.79 Å². The fraction of sp³-hybridized carbons (Fsp3) is 0.480. The third-order valence-electron chi connectivity index (χ3n) is 6.05. The van der Waals surface area contributed by atoms with Crippen molar-refractivity contribution in [1.29, 1.82) is 0 Å². The van der Waals surface area contributed by atoms with Crippen LogP contribution in [0.15, 0.2) is 60.7 Å². The van der Waals surface area contributed by atoms with Crippen LogP contribution in [0.2, 0.25) is 0 Å². The van der Waals surface area contributed by atoms with Crippen molar-refractivity contribution >= 4 is 6.09 Å². The number of hydrogen-bond donors (Lipinski definition) is 2. The molecule has 2 heterocycles. The molecular formula is C25H32N2O5. The lowest BCUT2D eigenvalue weighted by molar-refractivity contribution is -0.265. The highest BCUT2D eigenvalue weighted by molar-refractivity contribution is 5.68. The molecule has 2 aromatic rings. The van der Waals surface area contributed by atoms with Gasteiger partial charge in [-0.2, -0.15) is 0 Å². The number of benzene rings is 2. The van der Waals surface area contributed by atoms with Gasteiger partial charge in [0.15, 0.2) is 6.29 Å². The van der Waals surface area contributed by atoms with Crippen LogP contribution in [0.5, 0.6) is 0 Å². The van der Waals surface area contributed by atoms with Gasteiger partial charge in [0.2, 0.25) is 0 Å². The number of aliphatic hydroxyl groups is 1. The molecule has 2 saturated heterocycles. The lowest BCUT2D eigenvalue weighted by atomic mass is 9.90. The highest BCUT2D eigenvalue weighted by Crippen LogP contribution is 2.34. The molecule has 0 aliphatic carbocycles. The van der Waals surface area contributed by atoms with E-state index in [1.54, 1.807) is 4.90 Å². The molecule has 0 unspecified atom stereocenters. The number of hydrogen-bond acceptors (Lipinski definition) is 6. The second-order valence-corrected chi connectivity index (χ2v) is 8.34. The number of amides is 1. The molecular weight excluding hydrogens is 408 g/mol. The summed E-state index contributed by atoms with van der Waals surface area (Å²) in [6.07, 6.45) is -0.146. The van der Waals surface area contributed by atoms with Crippen LogP contribution in [0, 0.1) is 0 Å². The summed E-state index contributed by atoms with van der Waals surface area (Å²) in [7, 11) is 0. The molecule has 5 atom stereocenters. The summed E-state index contributed by atoms with van der Waals surface area (Å²) >= 11 is 0. The number of nitrogens with one attached hydrogen (secondary N) is 1. The van der Waals surface area contributed by atoms with Crippen molar-refractivity contribution in [2.45, 2.75) is 57.0 Å². The molecule has 2 aromatic carbocycles. The zero-order chi connectivity index (χ0) is 22.3. The molecule has 2 aliphatic heterocycles. The zero-order valence-corrected chi connectivity index (χ0v) is 18.4. The van der Waals surface area contributed by atoms with Crippen LogP contribution in [0.1, 0.15) is 37.2 Å². The molecule has 2 N–H and O–H groups in total. The second kappa shape index (κ2) is 10.9. The molecule has 0 aromatic heterocycles. The molecule has 7 nitrogen and oxygen atoms in total. The fourth-order valence-electron chi connectivity index (χ4n) is 4.31. The molecule has 2 fully saturated rings. The summed E-state index contributed by atoms with van der Waals surface area (Å²) in [4.78, 5) is 14.5. The standard InChI is InChI=1S/C25H32N2O5/c1-2-3-14-26-22-21(28)15-27(25(29)31-16-18-10-6-4-7-11-18)20-17-30-24(32-23(20)22)19-12-8-5-9-13-19/h4-13,20-24,26,28H,2-3,14-17H2,1H3/t20-,21-,22+,23-,24-/m1/s1. The Balaban J connectivity index is 1.48. The van der Waals surface area contributed by atoms with Crippen molar-refractivity contribution in [3.63, 3.8) is 0 Å². The van der Waals surface area contributed by atoms with Crippen LogP contribution in [0.4, 0.5) is 4.79 Å². The first-order valence-corrected chi connectivity index (χ1v) is 11.4. The number of β-amino-alcohol motifs (C(OH)–C–C–N with tert-alkyl or cyclic N) is 1. The summed E-state index contributed by atoms with van der Waals surface area (Å²) in [6.45, 7) is 3.56. The number of rotatable bonds is 7. The van der Waals surface area contributed by atoms with E-state index in [1.165, 1.54) is 0 Å². The predicted molar refractivity (Wildman–Crippen MR) is 120 cm³/mol. The van der Waals surface area contributed by atoms with Crippen LogP contribution in [0.25, 0.3) is 0 Å². The third kappa shape index (κ3) is 5.30. The Labute approximate surface area is 189 Å². The minimum atomic E-state index is -0.771. The summed E-state index contributed by atoms with van der Waals surface area (Å²) in [5.74, 6) is 0. The van der Waals surface area contributed by atoms with Crippen molar-refractivity contribution < 1.29 is 24.1 Å². The summed E-state index contributed by atoms with van der Waals surface area (Å²) < 4.78 is 17.9. The molecule has 2 aliphatic rings. The molecule has 1 amide bonds. The number of ether oxygens (including phenoxy) is 3. The van der Waals surface area contributed by atoms with Crippen LogP contribution >= 0.6 is 0 Å². The fourth-order valence-corrected chi connectivity index (χ4v) is 4.31. The average molecular weight is 441 g/mol. The van der Waals surface area contributed by atoms with Crippen LogP contribution < -0.4 is 5.32 Å². The molecule has 0 saturated carbocycles. The molecule has 32 heavy (non-hydrogen) atoms. The van der Waals surface area contributed by atoms with Gasteiger partial charge in [-0.3, -0.25) is 4.90 Å². The Bertz CT molecular complexity index is 850. The van der Waals surface area contributed by atoms with Gasteiger partial charge in [0, 0.05) is 5.56 Å². The smallest absolute Gasteiger partial charge is 0.410 e. The maximum Gasteiger partial charge on any atom is 0.410 e. The first-order chi connectivity index (χ1) is 15.7. The van der Waals surface area contributed by atoms with E-state index in [0.717, 1.165) is 30.5 Å². The first-order valence-electron chi connectivity index (χ1n) is 11.4. The topological polar surface area (TPSA) is 80.3 Å². The number of fused-ring (bicyclic) bond motifs is 1. The van der Waals surface area contributed by atoms with Gasteiger partial charge in [0.25, 0.3) is 0 Å².